The number of hydrogen-bond donors (Lipinski definition) is 2. The van der Waals surface area contributed by atoms with Gasteiger partial charge in [-0.1, -0.05) is 17.8 Å². The summed E-state index contributed by atoms with van der Waals surface area (Å²) in [4.78, 5) is 30.0. The number of nitrogens with two attached hydrogens (primary N) is 1. The van der Waals surface area contributed by atoms with Gasteiger partial charge < -0.3 is 11.1 Å². The fourth-order valence-corrected chi connectivity index (χ4v) is 5.60. The Bertz CT molecular complexity index is 1100. The number of rotatable bonds is 6. The lowest BCUT2D eigenvalue weighted by Gasteiger charge is -2.10. The van der Waals surface area contributed by atoms with Crippen LogP contribution in [0.25, 0.3) is 5.69 Å². The van der Waals surface area contributed by atoms with Gasteiger partial charge in [0, 0.05) is 23.0 Å². The summed E-state index contributed by atoms with van der Waals surface area (Å²) in [6.07, 6.45) is 6.44. The largest absolute Gasteiger partial charge is 0.365 e. The fourth-order valence-electron chi connectivity index (χ4n) is 3.51. The molecule has 0 atom stereocenters. The summed E-state index contributed by atoms with van der Waals surface area (Å²) in [5, 5.41) is 4.20. The maximum atomic E-state index is 12.5. The molecule has 0 fully saturated rings. The minimum Gasteiger partial charge on any atom is -0.365 e. The van der Waals surface area contributed by atoms with Crippen molar-refractivity contribution in [2.45, 2.75) is 38.3 Å². The Morgan fingerprint density at radius 1 is 1.28 bits per heavy atom. The third kappa shape index (κ3) is 3.95. The van der Waals surface area contributed by atoms with Crippen LogP contribution in [-0.2, 0) is 17.6 Å². The number of anilines is 1. The number of thiophene rings is 1. The molecule has 2 heterocycles. The zero-order chi connectivity index (χ0) is 20.5. The number of carbonyl (C=O) groups excluding carboxylic acids is 2. The predicted molar refractivity (Wildman–Crippen MR) is 117 cm³/mol. The van der Waals surface area contributed by atoms with Gasteiger partial charge in [0.05, 0.1) is 11.3 Å². The van der Waals surface area contributed by atoms with Crippen LogP contribution in [0.5, 0.6) is 0 Å². The predicted octanol–water partition coefficient (Wildman–Crippen LogP) is 3.87. The number of nitrogens with one attached hydrogen (secondary N) is 1. The molecule has 4 rings (SSSR count). The molecule has 29 heavy (non-hydrogen) atoms. The number of fused-ring (bicyclic) bond motifs is 1. The lowest BCUT2D eigenvalue weighted by molar-refractivity contribution is -0.113. The van der Waals surface area contributed by atoms with E-state index in [9.17, 15) is 9.59 Å². The van der Waals surface area contributed by atoms with Crippen molar-refractivity contribution in [3.8, 4) is 5.69 Å². The standard InChI is InChI=1S/C21H22N4O2S2/c1-12-6-7-14(10-13(12)2)25-9-8-23-21(25)28-11-17(26)24-20-18(19(22)27)15-4-3-5-16(15)29-20/h6-10H,3-5,11H2,1-2H3,(H2,22,27)(H,24,26). The van der Waals surface area contributed by atoms with Crippen molar-refractivity contribution >= 4 is 39.9 Å². The summed E-state index contributed by atoms with van der Waals surface area (Å²) in [5.74, 6) is -0.451. The van der Waals surface area contributed by atoms with Crippen LogP contribution in [-0.4, -0.2) is 27.1 Å². The molecule has 6 nitrogen and oxygen atoms in total. The molecule has 0 aliphatic heterocycles. The average Bonchev–Trinajstić information content (AvgIpc) is 3.37. The van der Waals surface area contributed by atoms with Crippen molar-refractivity contribution in [1.82, 2.24) is 9.55 Å². The molecule has 1 aliphatic rings. The average molecular weight is 427 g/mol. The van der Waals surface area contributed by atoms with Gasteiger partial charge in [-0.2, -0.15) is 0 Å². The Balaban J connectivity index is 1.46. The molecule has 0 saturated carbocycles. The maximum Gasteiger partial charge on any atom is 0.251 e. The first kappa shape index (κ1) is 19.7. The second-order valence-electron chi connectivity index (χ2n) is 7.11. The highest BCUT2D eigenvalue weighted by Crippen LogP contribution is 2.39. The van der Waals surface area contributed by atoms with Gasteiger partial charge in [-0.15, -0.1) is 11.3 Å². The van der Waals surface area contributed by atoms with Crippen LogP contribution in [0.2, 0.25) is 0 Å². The molecule has 0 bridgehead atoms. The van der Waals surface area contributed by atoms with Gasteiger partial charge in [-0.05, 0) is 61.9 Å². The van der Waals surface area contributed by atoms with Gasteiger partial charge in [-0.25, -0.2) is 4.98 Å². The number of aryl methyl sites for hydroxylation is 3. The molecule has 150 valence electrons. The van der Waals surface area contributed by atoms with Gasteiger partial charge in [-0.3, -0.25) is 14.2 Å². The Morgan fingerprint density at radius 2 is 2.10 bits per heavy atom. The summed E-state index contributed by atoms with van der Waals surface area (Å²) in [6, 6.07) is 6.22. The molecule has 0 radical (unpaired) electrons. The minimum atomic E-state index is -0.474. The van der Waals surface area contributed by atoms with E-state index >= 15 is 0 Å². The second-order valence-corrected chi connectivity index (χ2v) is 9.16. The number of thioether (sulfide) groups is 1. The molecule has 3 aromatic rings. The first-order chi connectivity index (χ1) is 13.9. The molecule has 0 spiro atoms. The third-order valence-corrected chi connectivity index (χ3v) is 7.30. The molecule has 1 aliphatic carbocycles. The summed E-state index contributed by atoms with van der Waals surface area (Å²) in [7, 11) is 0. The number of nitrogens with zero attached hydrogens (tertiary/aromatic N) is 2. The molecule has 3 N–H and O–H groups in total. The first-order valence-corrected chi connectivity index (χ1v) is 11.2. The smallest absolute Gasteiger partial charge is 0.251 e. The van der Waals surface area contributed by atoms with Crippen molar-refractivity contribution in [3.05, 3.63) is 57.7 Å². The zero-order valence-corrected chi connectivity index (χ0v) is 18.0. The van der Waals surface area contributed by atoms with Crippen LogP contribution < -0.4 is 11.1 Å². The molecular weight excluding hydrogens is 404 g/mol. The lowest BCUT2D eigenvalue weighted by atomic mass is 10.1. The highest BCUT2D eigenvalue weighted by Gasteiger charge is 2.26. The number of carbonyl (C=O) groups is 2. The minimum absolute atomic E-state index is 0.174. The highest BCUT2D eigenvalue weighted by atomic mass is 32.2. The van der Waals surface area contributed by atoms with Crippen molar-refractivity contribution in [1.29, 1.82) is 0 Å². The number of amides is 2. The van der Waals surface area contributed by atoms with E-state index in [0.29, 0.717) is 10.6 Å². The van der Waals surface area contributed by atoms with Gasteiger partial charge in [0.2, 0.25) is 5.91 Å². The molecule has 1 aromatic carbocycles. The molecule has 2 amide bonds. The van der Waals surface area contributed by atoms with E-state index in [1.807, 2.05) is 16.8 Å². The number of primary amides is 1. The summed E-state index contributed by atoms with van der Waals surface area (Å²) >= 11 is 2.83. The topological polar surface area (TPSA) is 90.0 Å². The molecule has 2 aromatic heterocycles. The summed E-state index contributed by atoms with van der Waals surface area (Å²) in [6.45, 7) is 4.15. The van der Waals surface area contributed by atoms with E-state index in [0.717, 1.165) is 40.5 Å². The number of imidazole rings is 1. The zero-order valence-electron chi connectivity index (χ0n) is 16.3. The Hall–Kier alpha value is -2.58. The number of benzene rings is 1. The van der Waals surface area contributed by atoms with E-state index in [1.54, 1.807) is 6.20 Å². The third-order valence-electron chi connectivity index (χ3n) is 5.13. The van der Waals surface area contributed by atoms with Crippen molar-refractivity contribution in [2.75, 3.05) is 11.1 Å². The van der Waals surface area contributed by atoms with Crippen molar-refractivity contribution in [2.24, 2.45) is 5.73 Å². The van der Waals surface area contributed by atoms with Crippen LogP contribution >= 0.6 is 23.1 Å². The van der Waals surface area contributed by atoms with E-state index in [2.05, 4.69) is 36.3 Å². The fraction of sp³-hybridized carbons (Fsp3) is 0.286. The molecule has 0 saturated heterocycles. The Morgan fingerprint density at radius 3 is 2.86 bits per heavy atom. The molecular formula is C21H22N4O2S2. The Labute approximate surface area is 177 Å². The quantitative estimate of drug-likeness (QED) is 0.586. The van der Waals surface area contributed by atoms with Crippen LogP contribution in [0.3, 0.4) is 0 Å². The maximum absolute atomic E-state index is 12.5. The van der Waals surface area contributed by atoms with Gasteiger partial charge in [0.1, 0.15) is 5.00 Å². The summed E-state index contributed by atoms with van der Waals surface area (Å²) < 4.78 is 1.97. The van der Waals surface area contributed by atoms with Crippen LogP contribution in [0, 0.1) is 13.8 Å². The first-order valence-electron chi connectivity index (χ1n) is 9.42. The van der Waals surface area contributed by atoms with Crippen LogP contribution in [0.4, 0.5) is 5.00 Å². The second kappa shape index (κ2) is 8.04. The highest BCUT2D eigenvalue weighted by molar-refractivity contribution is 7.99. The normalized spacial score (nSPS) is 12.8. The van der Waals surface area contributed by atoms with Crippen molar-refractivity contribution in [3.63, 3.8) is 0 Å². The van der Waals surface area contributed by atoms with E-state index < -0.39 is 5.91 Å². The summed E-state index contributed by atoms with van der Waals surface area (Å²) in [5.41, 5.74) is 10.5. The van der Waals surface area contributed by atoms with E-state index in [1.165, 1.54) is 34.2 Å². The number of aromatic nitrogens is 2. The monoisotopic (exact) mass is 426 g/mol. The molecule has 8 heteroatoms. The van der Waals surface area contributed by atoms with E-state index in [4.69, 9.17) is 5.73 Å². The SMILES string of the molecule is Cc1ccc(-n2ccnc2SCC(=O)Nc2sc3c(c2C(N)=O)CCC3)cc1C. The van der Waals surface area contributed by atoms with Crippen molar-refractivity contribution < 1.29 is 9.59 Å². The van der Waals surface area contributed by atoms with Crippen LogP contribution in [0.15, 0.2) is 35.7 Å². The van der Waals surface area contributed by atoms with Gasteiger partial charge >= 0.3 is 0 Å². The van der Waals surface area contributed by atoms with Crippen LogP contribution in [0.1, 0.15) is 38.3 Å². The number of hydrogen-bond acceptors (Lipinski definition) is 5. The van der Waals surface area contributed by atoms with Gasteiger partial charge in [0.15, 0.2) is 5.16 Å². The lowest BCUT2D eigenvalue weighted by Crippen LogP contribution is -2.19. The van der Waals surface area contributed by atoms with E-state index in [-0.39, 0.29) is 11.7 Å². The molecule has 0 unspecified atom stereocenters. The Kier molecular flexibility index (Phi) is 5.47. The van der Waals surface area contributed by atoms with Gasteiger partial charge in [0.25, 0.3) is 5.91 Å².